The van der Waals surface area contributed by atoms with Crippen LogP contribution >= 0.6 is 37.9 Å². The molecule has 1 aromatic rings. The minimum atomic E-state index is -1.73. The zero-order valence-electron chi connectivity index (χ0n) is 39.8. The summed E-state index contributed by atoms with van der Waals surface area (Å²) >= 11 is 12.3. The van der Waals surface area contributed by atoms with Crippen molar-refractivity contribution in [3.05, 3.63) is 35.9 Å². The molecule has 9 atom stereocenters. The van der Waals surface area contributed by atoms with Crippen LogP contribution in [0.3, 0.4) is 0 Å². The lowest BCUT2D eigenvalue weighted by Gasteiger charge is -2.28. The Morgan fingerprint density at radius 3 is 1.55 bits per heavy atom. The van der Waals surface area contributed by atoms with Crippen LogP contribution in [0.1, 0.15) is 58.4 Å². The molecule has 0 heterocycles. The summed E-state index contributed by atoms with van der Waals surface area (Å²) in [6.07, 6.45) is -0.993. The van der Waals surface area contributed by atoms with Crippen LogP contribution in [0.5, 0.6) is 0 Å². The quantitative estimate of drug-likeness (QED) is 0.0135. The number of carboxylic acids is 1. The number of carboxylic acid groups (broad SMARTS) is 1. The predicted molar refractivity (Wildman–Crippen MR) is 275 cm³/mol. The number of nitrogens with two attached hydrogens (primary N) is 5. The molecule has 398 valence electrons. The number of aliphatic hydroxyl groups excluding tert-OH is 1. The highest BCUT2D eigenvalue weighted by Gasteiger charge is 2.35. The molecule has 0 saturated carbocycles. The SMILES string of the molecule is CC(C)C[C@H](NC(=O)[C@H](CS)NC(=O)[C@@H](N)CCCN=C(N)N)C(=O)N[C@@H](CS)C(=O)N[C@H](C(=O)N[C@@H](CCCN=C(N)N)C(=O)NCC(=O)N[C@@H](Cc1ccccc1)C(=O)N[C@@H](CS)C(=O)O)[C@@H](C)O. The van der Waals surface area contributed by atoms with E-state index in [0.29, 0.717) is 12.0 Å². The molecule has 26 nitrogen and oxygen atoms in total. The maximum atomic E-state index is 13.7. The summed E-state index contributed by atoms with van der Waals surface area (Å²) < 4.78 is 0. The minimum absolute atomic E-state index is 0.0153. The Hall–Kier alpha value is -6.04. The average molecular weight is 1060 g/mol. The molecule has 0 fully saturated rings. The molecular weight excluding hydrogens is 987 g/mol. The molecule has 0 saturated heterocycles. The third-order valence-corrected chi connectivity index (χ3v) is 11.2. The van der Waals surface area contributed by atoms with Crippen molar-refractivity contribution in [2.45, 2.75) is 114 Å². The van der Waals surface area contributed by atoms with Crippen molar-refractivity contribution in [2.24, 2.45) is 44.6 Å². The molecule has 1 rings (SSSR count). The molecule has 20 N–H and O–H groups in total. The van der Waals surface area contributed by atoms with Gasteiger partial charge in [-0.1, -0.05) is 44.2 Å². The lowest BCUT2D eigenvalue weighted by molar-refractivity contribution is -0.141. The van der Waals surface area contributed by atoms with Crippen molar-refractivity contribution in [3.8, 4) is 0 Å². The molecule has 0 aliphatic carbocycles. The van der Waals surface area contributed by atoms with Gasteiger partial charge in [0.25, 0.3) is 0 Å². The first-order valence-corrected chi connectivity index (χ1v) is 24.4. The Balaban J connectivity index is 3.18. The fourth-order valence-corrected chi connectivity index (χ4v) is 7.07. The normalized spacial score (nSPS) is 14.7. The van der Waals surface area contributed by atoms with Gasteiger partial charge in [0, 0.05) is 36.8 Å². The van der Waals surface area contributed by atoms with Gasteiger partial charge < -0.3 is 81.4 Å². The van der Waals surface area contributed by atoms with Crippen molar-refractivity contribution in [1.82, 2.24) is 42.5 Å². The van der Waals surface area contributed by atoms with Gasteiger partial charge in [0.05, 0.1) is 18.7 Å². The van der Waals surface area contributed by atoms with E-state index in [0.717, 1.165) is 0 Å². The fourth-order valence-electron chi connectivity index (χ4n) is 6.31. The van der Waals surface area contributed by atoms with Crippen LogP contribution in [0.4, 0.5) is 0 Å². The standard InChI is InChI=1S/C42H71N15O11S3/c1-21(2)15-26(53-37(64)28(18-69)54-33(60)24(43)11-7-13-48-41(44)45)35(62)55-29(19-70)38(65)57-32(22(3)58)39(66)52-25(12-8-14-49-42(46)47)34(61)50-17-31(59)51-27(16-23-9-5-4-6-10-23)36(63)56-30(20-71)40(67)68/h4-6,9-10,21-22,24-30,32,58,69-71H,7-8,11-20,43H2,1-3H3,(H,50,61)(H,51,59)(H,52,66)(H,53,64)(H,54,60)(H,55,62)(H,56,63)(H,57,65)(H,67,68)(H4,44,45,48)(H4,46,47,49)/t22-,24+,25+,26+,27+,28+,29+,30+,32+/m1/s1. The third kappa shape index (κ3) is 25.1. The molecule has 0 bridgehead atoms. The van der Waals surface area contributed by atoms with Gasteiger partial charge in [0.2, 0.25) is 47.3 Å². The maximum Gasteiger partial charge on any atom is 0.327 e. The number of nitrogens with one attached hydrogen (secondary N) is 8. The monoisotopic (exact) mass is 1060 g/mol. The maximum absolute atomic E-state index is 13.7. The van der Waals surface area contributed by atoms with E-state index in [1.807, 2.05) is 0 Å². The Kier molecular flexibility index (Phi) is 29.7. The topological polar surface area (TPSA) is 445 Å². The van der Waals surface area contributed by atoms with Gasteiger partial charge in [-0.3, -0.25) is 48.3 Å². The molecule has 8 amide bonds. The third-order valence-electron chi connectivity index (χ3n) is 10.1. The van der Waals surface area contributed by atoms with Crippen LogP contribution < -0.4 is 71.2 Å². The van der Waals surface area contributed by atoms with E-state index in [-0.39, 0.29) is 80.3 Å². The number of hydrogen-bond donors (Lipinski definition) is 18. The Morgan fingerprint density at radius 2 is 1.04 bits per heavy atom. The lowest BCUT2D eigenvalue weighted by atomic mass is 10.0. The van der Waals surface area contributed by atoms with E-state index in [1.54, 1.807) is 44.2 Å². The van der Waals surface area contributed by atoms with Gasteiger partial charge >= 0.3 is 5.97 Å². The highest BCUT2D eigenvalue weighted by atomic mass is 32.1. The largest absolute Gasteiger partial charge is 0.480 e. The number of thiol groups is 3. The molecule has 0 radical (unpaired) electrons. The van der Waals surface area contributed by atoms with Crippen LogP contribution in [0.15, 0.2) is 40.3 Å². The van der Waals surface area contributed by atoms with Crippen molar-refractivity contribution in [3.63, 3.8) is 0 Å². The second kappa shape index (κ2) is 33.5. The van der Waals surface area contributed by atoms with Crippen LogP contribution in [0.25, 0.3) is 0 Å². The zero-order valence-corrected chi connectivity index (χ0v) is 42.5. The number of carbonyl (C=O) groups is 9. The number of carbonyl (C=O) groups excluding carboxylic acids is 8. The molecule has 0 aliphatic heterocycles. The smallest absolute Gasteiger partial charge is 0.327 e. The zero-order chi connectivity index (χ0) is 53.8. The number of rotatable bonds is 33. The number of nitrogens with zero attached hydrogens (tertiary/aromatic N) is 2. The van der Waals surface area contributed by atoms with Crippen LogP contribution in [-0.4, -0.2) is 167 Å². The number of hydrogen-bond acceptors (Lipinski definition) is 16. The minimum Gasteiger partial charge on any atom is -0.480 e. The molecule has 1 aromatic carbocycles. The van der Waals surface area contributed by atoms with Gasteiger partial charge in [-0.05, 0) is 50.5 Å². The van der Waals surface area contributed by atoms with Crippen LogP contribution in [-0.2, 0) is 49.6 Å². The second-order valence-electron chi connectivity index (χ2n) is 16.6. The van der Waals surface area contributed by atoms with E-state index in [9.17, 15) is 53.4 Å². The number of aliphatic imine (C=N–C) groups is 2. The number of guanidine groups is 2. The average Bonchev–Trinajstić information content (AvgIpc) is 3.31. The van der Waals surface area contributed by atoms with Crippen molar-refractivity contribution < 1.29 is 53.4 Å². The Labute approximate surface area is 428 Å². The van der Waals surface area contributed by atoms with E-state index in [4.69, 9.17) is 28.7 Å². The van der Waals surface area contributed by atoms with Crippen molar-refractivity contribution in [1.29, 1.82) is 0 Å². The first kappa shape index (κ1) is 63.0. The van der Waals surface area contributed by atoms with Gasteiger partial charge in [0.15, 0.2) is 11.9 Å². The van der Waals surface area contributed by atoms with E-state index in [2.05, 4.69) is 90.4 Å². The number of amides is 8. The van der Waals surface area contributed by atoms with Crippen LogP contribution in [0, 0.1) is 5.92 Å². The van der Waals surface area contributed by atoms with E-state index in [1.165, 1.54) is 6.92 Å². The van der Waals surface area contributed by atoms with Gasteiger partial charge in [-0.25, -0.2) is 4.79 Å². The summed E-state index contributed by atoms with van der Waals surface area (Å²) in [6, 6.07) is -2.19. The summed E-state index contributed by atoms with van der Waals surface area (Å²) in [5.41, 5.74) is 28.1. The Morgan fingerprint density at radius 1 is 0.577 bits per heavy atom. The highest BCUT2D eigenvalue weighted by Crippen LogP contribution is 2.09. The molecule has 0 aromatic heterocycles. The molecular formula is C42H71N15O11S3. The summed E-state index contributed by atoms with van der Waals surface area (Å²) in [4.78, 5) is 126. The number of aliphatic hydroxyl groups is 1. The first-order chi connectivity index (χ1) is 33.4. The van der Waals surface area contributed by atoms with Crippen molar-refractivity contribution in [2.75, 3.05) is 36.9 Å². The predicted octanol–water partition coefficient (Wildman–Crippen LogP) is -5.53. The molecule has 0 spiro atoms. The highest BCUT2D eigenvalue weighted by molar-refractivity contribution is 7.80. The number of benzene rings is 1. The summed E-state index contributed by atoms with van der Waals surface area (Å²) in [5, 5.41) is 39.7. The van der Waals surface area contributed by atoms with Crippen molar-refractivity contribution >= 4 is 103 Å². The van der Waals surface area contributed by atoms with E-state index >= 15 is 0 Å². The molecule has 29 heteroatoms. The van der Waals surface area contributed by atoms with Crippen LogP contribution in [0.2, 0.25) is 0 Å². The Bertz CT molecular complexity index is 1990. The van der Waals surface area contributed by atoms with E-state index < -0.39 is 114 Å². The molecule has 0 unspecified atom stereocenters. The van der Waals surface area contributed by atoms with Gasteiger partial charge in [-0.2, -0.15) is 37.9 Å². The van der Waals surface area contributed by atoms with Gasteiger partial charge in [0.1, 0.15) is 42.3 Å². The summed E-state index contributed by atoms with van der Waals surface area (Å²) in [7, 11) is 0. The number of aliphatic carboxylic acids is 1. The second-order valence-corrected chi connectivity index (χ2v) is 17.7. The lowest BCUT2D eigenvalue weighted by Crippen LogP contribution is -2.62. The summed E-state index contributed by atoms with van der Waals surface area (Å²) in [5.74, 6) is -9.50. The molecule has 0 aliphatic rings. The van der Waals surface area contributed by atoms with Gasteiger partial charge in [-0.15, -0.1) is 0 Å². The molecule has 71 heavy (non-hydrogen) atoms. The fraction of sp³-hybridized carbons (Fsp3) is 0.595. The summed E-state index contributed by atoms with van der Waals surface area (Å²) in [6.45, 7) is 4.26. The first-order valence-electron chi connectivity index (χ1n) is 22.5.